The van der Waals surface area contributed by atoms with Gasteiger partial charge in [0.2, 0.25) is 15.9 Å². The second-order valence-electron chi connectivity index (χ2n) is 8.45. The highest BCUT2D eigenvalue weighted by molar-refractivity contribution is 7.90. The molecule has 1 heterocycles. The number of sulfonamides is 1. The van der Waals surface area contributed by atoms with Crippen molar-refractivity contribution in [3.63, 3.8) is 0 Å². The molecule has 0 aromatic heterocycles. The van der Waals surface area contributed by atoms with E-state index in [-0.39, 0.29) is 28.2 Å². The van der Waals surface area contributed by atoms with Gasteiger partial charge >= 0.3 is 0 Å². The minimum atomic E-state index is -3.56. The molecule has 0 aliphatic carbocycles. The Morgan fingerprint density at radius 1 is 1.03 bits per heavy atom. The van der Waals surface area contributed by atoms with E-state index in [2.05, 4.69) is 5.32 Å². The molecule has 1 aliphatic rings. The zero-order valence-corrected chi connectivity index (χ0v) is 21.4. The van der Waals surface area contributed by atoms with Crippen LogP contribution in [0.4, 0.5) is 0 Å². The number of carbonyl (C=O) groups is 1. The van der Waals surface area contributed by atoms with Crippen LogP contribution >= 0.6 is 0 Å². The number of sulfone groups is 1. The lowest BCUT2D eigenvalue weighted by Gasteiger charge is -2.19. The van der Waals surface area contributed by atoms with Gasteiger partial charge in [0.25, 0.3) is 0 Å². The first-order valence-corrected chi connectivity index (χ1v) is 14.7. The summed E-state index contributed by atoms with van der Waals surface area (Å²) >= 11 is 0. The Morgan fingerprint density at radius 3 is 2.21 bits per heavy atom. The molecule has 34 heavy (non-hydrogen) atoms. The second-order valence-corrected chi connectivity index (χ2v) is 12.4. The van der Waals surface area contributed by atoms with Gasteiger partial charge < -0.3 is 10.1 Å². The zero-order valence-electron chi connectivity index (χ0n) is 19.8. The zero-order chi connectivity index (χ0) is 24.9. The van der Waals surface area contributed by atoms with E-state index in [9.17, 15) is 21.6 Å². The number of hydrogen-bond donors (Lipinski definition) is 1. The minimum Gasteiger partial charge on any atom is -0.496 e. The fourth-order valence-corrected chi connectivity index (χ4v) is 6.27. The summed E-state index contributed by atoms with van der Waals surface area (Å²) in [6, 6.07) is 11.0. The van der Waals surface area contributed by atoms with Crippen LogP contribution in [0.1, 0.15) is 49.8 Å². The Balaban J connectivity index is 1.69. The highest BCUT2D eigenvalue weighted by atomic mass is 32.2. The second kappa shape index (κ2) is 10.9. The van der Waals surface area contributed by atoms with Crippen molar-refractivity contribution in [1.82, 2.24) is 9.62 Å². The number of nitrogens with zero attached hydrogens (tertiary/aromatic N) is 1. The van der Waals surface area contributed by atoms with E-state index in [1.807, 2.05) is 6.92 Å². The lowest BCUT2D eigenvalue weighted by Crippen LogP contribution is -2.28. The molecule has 1 fully saturated rings. The van der Waals surface area contributed by atoms with Gasteiger partial charge in [0, 0.05) is 25.8 Å². The summed E-state index contributed by atoms with van der Waals surface area (Å²) in [5.41, 5.74) is 1.48. The smallest absolute Gasteiger partial charge is 0.243 e. The van der Waals surface area contributed by atoms with Gasteiger partial charge in [-0.1, -0.05) is 19.1 Å². The number of amides is 1. The molecule has 1 N–H and O–H groups in total. The van der Waals surface area contributed by atoms with E-state index < -0.39 is 19.9 Å². The Labute approximate surface area is 202 Å². The summed E-state index contributed by atoms with van der Waals surface area (Å²) in [7, 11) is -5.33. The number of nitrogens with one attached hydrogen (secondary N) is 1. The van der Waals surface area contributed by atoms with Gasteiger partial charge in [-0.05, 0) is 67.1 Å². The summed E-state index contributed by atoms with van der Waals surface area (Å²) in [5, 5.41) is 2.98. The average molecular weight is 509 g/mol. The molecule has 0 radical (unpaired) electrons. The van der Waals surface area contributed by atoms with E-state index in [4.69, 9.17) is 4.74 Å². The van der Waals surface area contributed by atoms with Crippen molar-refractivity contribution in [2.75, 3.05) is 26.5 Å². The largest absolute Gasteiger partial charge is 0.496 e. The van der Waals surface area contributed by atoms with Gasteiger partial charge in [0.1, 0.15) is 5.75 Å². The Kier molecular flexibility index (Phi) is 8.38. The van der Waals surface area contributed by atoms with Crippen LogP contribution in [-0.2, 0) is 31.1 Å². The van der Waals surface area contributed by atoms with Gasteiger partial charge in [0.05, 0.1) is 22.9 Å². The maximum atomic E-state index is 12.9. The number of hydrogen-bond acceptors (Lipinski definition) is 6. The molecule has 186 valence electrons. The van der Waals surface area contributed by atoms with Crippen LogP contribution in [0.25, 0.3) is 0 Å². The fraction of sp³-hybridized carbons (Fsp3) is 0.458. The molecule has 0 spiro atoms. The van der Waals surface area contributed by atoms with Crippen molar-refractivity contribution in [1.29, 1.82) is 0 Å². The topological polar surface area (TPSA) is 110 Å². The third kappa shape index (κ3) is 6.17. The summed E-state index contributed by atoms with van der Waals surface area (Å²) in [5.74, 6) is 0.352. The maximum absolute atomic E-state index is 12.9. The molecular weight excluding hydrogens is 476 g/mol. The normalized spacial score (nSPS) is 15.7. The molecule has 1 aliphatic heterocycles. The number of carbonyl (C=O) groups excluding carboxylic acids is 1. The van der Waals surface area contributed by atoms with Gasteiger partial charge in [0.15, 0.2) is 9.84 Å². The average Bonchev–Trinajstić information content (AvgIpc) is 3.36. The first-order chi connectivity index (χ1) is 16.1. The van der Waals surface area contributed by atoms with Gasteiger partial charge in [-0.2, -0.15) is 4.31 Å². The van der Waals surface area contributed by atoms with Crippen molar-refractivity contribution in [2.24, 2.45) is 0 Å². The van der Waals surface area contributed by atoms with Crippen molar-refractivity contribution >= 4 is 25.8 Å². The van der Waals surface area contributed by atoms with Crippen molar-refractivity contribution in [3.05, 3.63) is 53.6 Å². The molecule has 0 saturated carbocycles. The lowest BCUT2D eigenvalue weighted by atomic mass is 10.0. The summed E-state index contributed by atoms with van der Waals surface area (Å²) in [4.78, 5) is 13.1. The van der Waals surface area contributed by atoms with Crippen LogP contribution in [-0.4, -0.2) is 53.5 Å². The van der Waals surface area contributed by atoms with E-state index >= 15 is 0 Å². The number of aryl methyl sites for hydroxylation is 1. The highest BCUT2D eigenvalue weighted by Gasteiger charge is 2.28. The Bertz CT molecular complexity index is 1220. The Hall–Kier alpha value is -2.43. The van der Waals surface area contributed by atoms with Crippen molar-refractivity contribution in [2.45, 2.75) is 54.9 Å². The molecule has 1 saturated heterocycles. The molecule has 3 rings (SSSR count). The predicted octanol–water partition coefficient (Wildman–Crippen LogP) is 3.08. The van der Waals surface area contributed by atoms with E-state index in [1.165, 1.54) is 23.5 Å². The number of rotatable bonds is 10. The van der Waals surface area contributed by atoms with Crippen LogP contribution in [0.3, 0.4) is 0 Å². The summed E-state index contributed by atoms with van der Waals surface area (Å²) in [6.07, 6.45) is 3.98. The molecule has 1 amide bonds. The molecule has 10 heteroatoms. The van der Waals surface area contributed by atoms with E-state index in [1.54, 1.807) is 30.3 Å². The number of benzene rings is 2. The molecule has 0 bridgehead atoms. The monoisotopic (exact) mass is 508 g/mol. The quantitative estimate of drug-likeness (QED) is 0.528. The van der Waals surface area contributed by atoms with Crippen molar-refractivity contribution < 1.29 is 26.4 Å². The predicted molar refractivity (Wildman–Crippen MR) is 130 cm³/mol. The molecule has 8 nitrogen and oxygen atoms in total. The standard InChI is InChI=1S/C24H32N2O6S2/c1-4-22(18-7-10-20(11-8-18)33(3,28)29)25-24(27)14-9-19-17-21(12-13-23(19)32-2)34(30,31)26-15-5-6-16-26/h7-8,10-13,17,22H,4-6,9,14-16H2,1-3H3,(H,25,27). The summed E-state index contributed by atoms with van der Waals surface area (Å²) in [6.45, 7) is 2.98. The van der Waals surface area contributed by atoms with Crippen LogP contribution < -0.4 is 10.1 Å². The van der Waals surface area contributed by atoms with Crippen LogP contribution in [0.2, 0.25) is 0 Å². The highest BCUT2D eigenvalue weighted by Crippen LogP contribution is 2.27. The van der Waals surface area contributed by atoms with Crippen molar-refractivity contribution in [3.8, 4) is 5.75 Å². The fourth-order valence-electron chi connectivity index (χ4n) is 4.07. The maximum Gasteiger partial charge on any atom is 0.243 e. The number of ether oxygens (including phenoxy) is 1. The Morgan fingerprint density at radius 2 is 1.65 bits per heavy atom. The van der Waals surface area contributed by atoms with Crippen LogP contribution in [0, 0.1) is 0 Å². The third-order valence-corrected chi connectivity index (χ3v) is 9.05. The molecular formula is C24H32N2O6S2. The molecule has 1 unspecified atom stereocenters. The summed E-state index contributed by atoms with van der Waals surface area (Å²) < 4.78 is 56.1. The first-order valence-electron chi connectivity index (χ1n) is 11.3. The van der Waals surface area contributed by atoms with Crippen LogP contribution in [0.15, 0.2) is 52.3 Å². The minimum absolute atomic E-state index is 0.154. The SMILES string of the molecule is CCC(NC(=O)CCc1cc(S(=O)(=O)N2CCCC2)ccc1OC)c1ccc(S(C)(=O)=O)cc1. The molecule has 1 atom stereocenters. The number of methoxy groups -OCH3 is 1. The van der Waals surface area contributed by atoms with Crippen LogP contribution in [0.5, 0.6) is 5.75 Å². The van der Waals surface area contributed by atoms with E-state index in [0.29, 0.717) is 37.2 Å². The molecule has 2 aromatic rings. The first kappa shape index (κ1) is 26.2. The van der Waals surface area contributed by atoms with Gasteiger partial charge in [-0.3, -0.25) is 4.79 Å². The van der Waals surface area contributed by atoms with Gasteiger partial charge in [-0.25, -0.2) is 16.8 Å². The van der Waals surface area contributed by atoms with Gasteiger partial charge in [-0.15, -0.1) is 0 Å². The lowest BCUT2D eigenvalue weighted by molar-refractivity contribution is -0.121. The third-order valence-electron chi connectivity index (χ3n) is 6.03. The van der Waals surface area contributed by atoms with E-state index in [0.717, 1.165) is 24.7 Å². The molecule has 2 aromatic carbocycles.